The summed E-state index contributed by atoms with van der Waals surface area (Å²) in [6.07, 6.45) is 11.0. The lowest BCUT2D eigenvalue weighted by molar-refractivity contribution is 0.0723. The van der Waals surface area contributed by atoms with Gasteiger partial charge in [-0.1, -0.05) is 25.9 Å². The van der Waals surface area contributed by atoms with Crippen molar-refractivity contribution in [2.24, 2.45) is 16.5 Å². The van der Waals surface area contributed by atoms with Gasteiger partial charge in [0.25, 0.3) is 0 Å². The number of hydrogen-bond donors (Lipinski definition) is 1. The molecule has 0 unspecified atom stereocenters. The fourth-order valence-corrected chi connectivity index (χ4v) is 5.56. The predicted octanol–water partition coefficient (Wildman–Crippen LogP) is 5.83. The van der Waals surface area contributed by atoms with E-state index in [-0.39, 0.29) is 5.82 Å². The van der Waals surface area contributed by atoms with E-state index in [0.29, 0.717) is 11.5 Å². The number of likely N-dealkylation sites (tertiary alicyclic amines) is 1. The van der Waals surface area contributed by atoms with Crippen molar-refractivity contribution >= 4 is 17.1 Å². The van der Waals surface area contributed by atoms with Crippen molar-refractivity contribution in [1.29, 1.82) is 0 Å². The SMILES string of the molecule is CC(C)(C)[C@H]1CC[C@@H](N2CCC(n3cc(C=NO)c4cc(F)ccc43)CC2)CC1. The van der Waals surface area contributed by atoms with Gasteiger partial charge in [0.1, 0.15) is 5.82 Å². The molecule has 0 atom stereocenters. The highest BCUT2D eigenvalue weighted by atomic mass is 19.1. The topological polar surface area (TPSA) is 40.8 Å². The van der Waals surface area contributed by atoms with Crippen LogP contribution in [0.2, 0.25) is 0 Å². The molecular formula is C24H34FN3O. The lowest BCUT2D eigenvalue weighted by Crippen LogP contribution is -2.44. The molecule has 5 heteroatoms. The molecule has 2 aromatic rings. The van der Waals surface area contributed by atoms with Gasteiger partial charge in [-0.25, -0.2) is 4.39 Å². The van der Waals surface area contributed by atoms with Crippen molar-refractivity contribution in [3.05, 3.63) is 35.8 Å². The van der Waals surface area contributed by atoms with Gasteiger partial charge in [0.2, 0.25) is 0 Å². The van der Waals surface area contributed by atoms with E-state index in [0.717, 1.165) is 54.4 Å². The first-order valence-electron chi connectivity index (χ1n) is 11.1. The monoisotopic (exact) mass is 399 g/mol. The number of oxime groups is 1. The molecule has 158 valence electrons. The van der Waals surface area contributed by atoms with Gasteiger partial charge in [-0.3, -0.25) is 0 Å². The summed E-state index contributed by atoms with van der Waals surface area (Å²) in [4.78, 5) is 2.71. The van der Waals surface area contributed by atoms with Crippen LogP contribution >= 0.6 is 0 Å². The maximum Gasteiger partial charge on any atom is 0.123 e. The van der Waals surface area contributed by atoms with E-state index < -0.39 is 0 Å². The average Bonchev–Trinajstić information content (AvgIpc) is 3.05. The number of piperidine rings is 1. The van der Waals surface area contributed by atoms with Crippen molar-refractivity contribution < 1.29 is 9.60 Å². The number of nitrogens with zero attached hydrogens (tertiary/aromatic N) is 3. The lowest BCUT2D eigenvalue weighted by atomic mass is 9.71. The maximum atomic E-state index is 13.7. The quantitative estimate of drug-likeness (QED) is 0.401. The van der Waals surface area contributed by atoms with Crippen LogP contribution in [0.4, 0.5) is 4.39 Å². The predicted molar refractivity (Wildman–Crippen MR) is 116 cm³/mol. The second-order valence-electron chi connectivity index (χ2n) is 10.0. The van der Waals surface area contributed by atoms with Crippen LogP contribution in [-0.4, -0.2) is 40.0 Å². The van der Waals surface area contributed by atoms with E-state index in [1.54, 1.807) is 0 Å². The molecule has 2 aliphatic rings. The van der Waals surface area contributed by atoms with Crippen molar-refractivity contribution in [2.45, 2.75) is 71.4 Å². The Kier molecular flexibility index (Phi) is 5.69. The minimum atomic E-state index is -0.261. The van der Waals surface area contributed by atoms with E-state index in [1.807, 2.05) is 12.3 Å². The second-order valence-corrected chi connectivity index (χ2v) is 10.0. The molecule has 1 aromatic heterocycles. The Morgan fingerprint density at radius 1 is 1.03 bits per heavy atom. The molecule has 1 aromatic carbocycles. The molecule has 1 saturated carbocycles. The Balaban J connectivity index is 1.43. The Labute approximate surface area is 173 Å². The summed E-state index contributed by atoms with van der Waals surface area (Å²) in [6.45, 7) is 9.39. The van der Waals surface area contributed by atoms with E-state index in [9.17, 15) is 4.39 Å². The first kappa shape index (κ1) is 20.4. The zero-order chi connectivity index (χ0) is 20.6. The van der Waals surface area contributed by atoms with Crippen molar-refractivity contribution in [3.8, 4) is 0 Å². The smallest absolute Gasteiger partial charge is 0.123 e. The van der Waals surface area contributed by atoms with E-state index >= 15 is 0 Å². The van der Waals surface area contributed by atoms with Gasteiger partial charge in [-0.2, -0.15) is 0 Å². The fourth-order valence-electron chi connectivity index (χ4n) is 5.56. The Morgan fingerprint density at radius 2 is 1.72 bits per heavy atom. The minimum absolute atomic E-state index is 0.261. The fraction of sp³-hybridized carbons (Fsp3) is 0.625. The highest BCUT2D eigenvalue weighted by Gasteiger charge is 2.33. The third kappa shape index (κ3) is 4.20. The summed E-state index contributed by atoms with van der Waals surface area (Å²) in [7, 11) is 0. The molecular weight excluding hydrogens is 365 g/mol. The van der Waals surface area contributed by atoms with Crippen LogP contribution in [0.1, 0.15) is 70.9 Å². The number of benzene rings is 1. The summed E-state index contributed by atoms with van der Waals surface area (Å²) in [5, 5.41) is 13.0. The lowest BCUT2D eigenvalue weighted by Gasteiger charge is -2.43. The highest BCUT2D eigenvalue weighted by Crippen LogP contribution is 2.40. The van der Waals surface area contributed by atoms with Crippen LogP contribution in [-0.2, 0) is 0 Å². The van der Waals surface area contributed by atoms with Crippen LogP contribution in [0.3, 0.4) is 0 Å². The first-order chi connectivity index (χ1) is 13.9. The normalized spacial score (nSPS) is 25.2. The molecule has 1 aliphatic heterocycles. The molecule has 1 aliphatic carbocycles. The number of hydrogen-bond acceptors (Lipinski definition) is 3. The van der Waals surface area contributed by atoms with Gasteiger partial charge in [-0.15, -0.1) is 0 Å². The zero-order valence-corrected chi connectivity index (χ0v) is 17.9. The maximum absolute atomic E-state index is 13.7. The molecule has 1 saturated heterocycles. The molecule has 0 radical (unpaired) electrons. The summed E-state index contributed by atoms with van der Waals surface area (Å²) in [5.74, 6) is 0.595. The second kappa shape index (κ2) is 8.10. The number of halogens is 1. The van der Waals surface area contributed by atoms with Gasteiger partial charge in [0.15, 0.2) is 0 Å². The molecule has 4 nitrogen and oxygen atoms in total. The van der Waals surface area contributed by atoms with Crippen molar-refractivity contribution in [2.75, 3.05) is 13.1 Å². The van der Waals surface area contributed by atoms with Crippen LogP contribution in [0, 0.1) is 17.2 Å². The molecule has 4 rings (SSSR count). The van der Waals surface area contributed by atoms with Gasteiger partial charge in [0.05, 0.1) is 6.21 Å². The Bertz CT molecular complexity index is 866. The zero-order valence-electron chi connectivity index (χ0n) is 17.9. The molecule has 0 spiro atoms. The molecule has 2 fully saturated rings. The van der Waals surface area contributed by atoms with Crippen LogP contribution in [0.15, 0.2) is 29.6 Å². The van der Waals surface area contributed by atoms with Crippen molar-refractivity contribution in [3.63, 3.8) is 0 Å². The summed E-state index contributed by atoms with van der Waals surface area (Å²) >= 11 is 0. The summed E-state index contributed by atoms with van der Waals surface area (Å²) < 4.78 is 16.0. The Hall–Kier alpha value is -1.88. The van der Waals surface area contributed by atoms with Gasteiger partial charge >= 0.3 is 0 Å². The van der Waals surface area contributed by atoms with E-state index in [2.05, 4.69) is 35.4 Å². The highest BCUT2D eigenvalue weighted by molar-refractivity contribution is 5.99. The third-order valence-corrected chi connectivity index (χ3v) is 7.35. The molecule has 1 N–H and O–H groups in total. The minimum Gasteiger partial charge on any atom is -0.411 e. The third-order valence-electron chi connectivity index (χ3n) is 7.35. The van der Waals surface area contributed by atoms with E-state index in [4.69, 9.17) is 5.21 Å². The molecule has 0 bridgehead atoms. The molecule has 0 amide bonds. The van der Waals surface area contributed by atoms with E-state index in [1.165, 1.54) is 44.0 Å². The number of rotatable bonds is 3. The number of fused-ring (bicyclic) bond motifs is 1. The van der Waals surface area contributed by atoms with Crippen LogP contribution in [0.5, 0.6) is 0 Å². The Morgan fingerprint density at radius 3 is 2.34 bits per heavy atom. The average molecular weight is 400 g/mol. The largest absolute Gasteiger partial charge is 0.411 e. The van der Waals surface area contributed by atoms with Gasteiger partial charge < -0.3 is 14.7 Å². The van der Waals surface area contributed by atoms with Gasteiger partial charge in [-0.05, 0) is 68.1 Å². The van der Waals surface area contributed by atoms with Crippen LogP contribution < -0.4 is 0 Å². The summed E-state index contributed by atoms with van der Waals surface area (Å²) in [5.41, 5.74) is 2.22. The van der Waals surface area contributed by atoms with Crippen molar-refractivity contribution in [1.82, 2.24) is 9.47 Å². The molecule has 29 heavy (non-hydrogen) atoms. The van der Waals surface area contributed by atoms with Gasteiger partial charge in [0, 0.05) is 47.8 Å². The summed E-state index contributed by atoms with van der Waals surface area (Å²) in [6, 6.07) is 6.04. The number of aromatic nitrogens is 1. The first-order valence-corrected chi connectivity index (χ1v) is 11.1. The van der Waals surface area contributed by atoms with Crippen LogP contribution in [0.25, 0.3) is 10.9 Å². The standard InChI is InChI=1S/C24H34FN3O/c1-24(2,3)18-4-7-20(8-5-18)27-12-10-21(11-13-27)28-16-17(15-26-29)22-14-19(25)6-9-23(22)28/h6,9,14-16,18,20-21,29H,4-5,7-8,10-13H2,1-3H3/t18-,20+. The molecule has 2 heterocycles.